The zero-order valence-electron chi connectivity index (χ0n) is 14.0. The predicted octanol–water partition coefficient (Wildman–Crippen LogP) is 3.12. The second kappa shape index (κ2) is 7.33. The molecule has 128 valence electrons. The largest absolute Gasteiger partial charge is 0.309 e. The van der Waals surface area contributed by atoms with Crippen LogP contribution in [0, 0.1) is 10.7 Å². The summed E-state index contributed by atoms with van der Waals surface area (Å²) in [6, 6.07) is 4.63. The first-order valence-electron chi connectivity index (χ1n) is 7.82. The Balaban J connectivity index is 2.64. The number of nitrogens with zero attached hydrogens (tertiary/aromatic N) is 3. The summed E-state index contributed by atoms with van der Waals surface area (Å²) in [7, 11) is 0. The van der Waals surface area contributed by atoms with Crippen LogP contribution in [0.5, 0.6) is 0 Å². The second-order valence-electron chi connectivity index (χ2n) is 5.88. The molecular weight excluding hydrogens is 311 g/mol. The van der Waals surface area contributed by atoms with E-state index in [-0.39, 0.29) is 11.9 Å². The van der Waals surface area contributed by atoms with Crippen molar-refractivity contribution < 1.29 is 9.18 Å². The number of carbonyl (C=O) groups excluding carboxylic acids is 1. The Bertz CT molecular complexity index is 670. The maximum Gasteiger partial charge on any atom is 0.254 e. The third-order valence-corrected chi connectivity index (χ3v) is 4.10. The van der Waals surface area contributed by atoms with Crippen LogP contribution >= 0.6 is 0 Å². The van der Waals surface area contributed by atoms with Gasteiger partial charge in [0.15, 0.2) is 6.04 Å². The number of benzene rings is 1. The van der Waals surface area contributed by atoms with E-state index in [0.29, 0.717) is 17.8 Å². The third-order valence-electron chi connectivity index (χ3n) is 4.10. The van der Waals surface area contributed by atoms with Gasteiger partial charge >= 0.3 is 0 Å². The minimum atomic E-state index is -1.10. The smallest absolute Gasteiger partial charge is 0.254 e. The Morgan fingerprint density at radius 2 is 1.96 bits per heavy atom. The van der Waals surface area contributed by atoms with Gasteiger partial charge in [-0.25, -0.2) is 9.40 Å². The highest BCUT2D eigenvalue weighted by Gasteiger charge is 2.40. The van der Waals surface area contributed by atoms with Gasteiger partial charge in [-0.05, 0) is 43.5 Å². The number of amides is 1. The quantitative estimate of drug-likeness (QED) is 0.494. The van der Waals surface area contributed by atoms with Crippen molar-refractivity contribution in [2.24, 2.45) is 10.3 Å². The number of rotatable bonds is 6. The summed E-state index contributed by atoms with van der Waals surface area (Å²) in [4.78, 5) is 23.7. The topological polar surface area (TPSA) is 74.1 Å². The Hall–Kier alpha value is -2.57. The normalized spacial score (nSPS) is 20.8. The summed E-state index contributed by atoms with van der Waals surface area (Å²) in [6.07, 6.45) is 0.572. The Labute approximate surface area is 140 Å². The van der Waals surface area contributed by atoms with E-state index in [4.69, 9.17) is 0 Å². The molecule has 2 rings (SSSR count). The van der Waals surface area contributed by atoms with Crippen molar-refractivity contribution in [3.63, 3.8) is 0 Å². The fourth-order valence-electron chi connectivity index (χ4n) is 3.01. The van der Waals surface area contributed by atoms with E-state index >= 15 is 0 Å². The molecule has 0 saturated heterocycles. The molecule has 1 aromatic rings. The molecule has 7 heteroatoms. The Morgan fingerprint density at radius 1 is 1.33 bits per heavy atom. The molecule has 1 aliphatic heterocycles. The molecule has 2 atom stereocenters. The van der Waals surface area contributed by atoms with Crippen molar-refractivity contribution in [3.05, 3.63) is 51.9 Å². The highest BCUT2D eigenvalue weighted by Crippen LogP contribution is 2.37. The number of carbonyl (C=O) groups is 1. The van der Waals surface area contributed by atoms with Crippen LogP contribution in [0.15, 0.2) is 45.9 Å². The van der Waals surface area contributed by atoms with Crippen LogP contribution in [0.3, 0.4) is 0 Å². The molecule has 0 bridgehead atoms. The summed E-state index contributed by atoms with van der Waals surface area (Å²) in [5.41, 5.74) is 1.48. The summed E-state index contributed by atoms with van der Waals surface area (Å²) < 4.78 is 13.2. The van der Waals surface area contributed by atoms with Crippen molar-refractivity contribution in [2.75, 3.05) is 0 Å². The van der Waals surface area contributed by atoms with Gasteiger partial charge in [0.1, 0.15) is 11.6 Å². The minimum Gasteiger partial charge on any atom is -0.309 e. The summed E-state index contributed by atoms with van der Waals surface area (Å²) in [6.45, 7) is 9.31. The lowest BCUT2D eigenvalue weighted by molar-refractivity contribution is -0.123. The first-order valence-corrected chi connectivity index (χ1v) is 7.82. The summed E-state index contributed by atoms with van der Waals surface area (Å²) >= 11 is 0. The maximum atomic E-state index is 13.2. The van der Waals surface area contributed by atoms with Crippen LogP contribution < -0.4 is 5.32 Å². The SMILES string of the molecule is C=NN(C1=C(CC)[C@H](c2ccc(F)cc2)[C@H](N=O)C(=O)N1)C(C)C. The zero-order chi connectivity index (χ0) is 17.9. The first kappa shape index (κ1) is 17.8. The molecular formula is C17H21FN4O2. The van der Waals surface area contributed by atoms with E-state index in [1.807, 2.05) is 20.8 Å². The lowest BCUT2D eigenvalue weighted by Crippen LogP contribution is -2.48. The number of hydrogen-bond donors (Lipinski definition) is 1. The fourth-order valence-corrected chi connectivity index (χ4v) is 3.01. The average Bonchev–Trinajstić information content (AvgIpc) is 2.55. The molecule has 0 radical (unpaired) electrons. The van der Waals surface area contributed by atoms with Crippen LogP contribution in [0.1, 0.15) is 38.7 Å². The van der Waals surface area contributed by atoms with Crippen LogP contribution in [0.2, 0.25) is 0 Å². The zero-order valence-corrected chi connectivity index (χ0v) is 14.0. The van der Waals surface area contributed by atoms with Gasteiger partial charge in [-0.3, -0.25) is 4.79 Å². The molecule has 0 spiro atoms. The molecule has 0 aliphatic carbocycles. The lowest BCUT2D eigenvalue weighted by atomic mass is 9.81. The van der Waals surface area contributed by atoms with Crippen LogP contribution in [0.25, 0.3) is 0 Å². The first-order chi connectivity index (χ1) is 11.4. The minimum absolute atomic E-state index is 0.0334. The van der Waals surface area contributed by atoms with Gasteiger partial charge in [-0.2, -0.15) is 5.10 Å². The second-order valence-corrected chi connectivity index (χ2v) is 5.88. The van der Waals surface area contributed by atoms with Gasteiger partial charge in [-0.15, -0.1) is 4.91 Å². The van der Waals surface area contributed by atoms with Gasteiger partial charge in [-0.1, -0.05) is 24.2 Å². The van der Waals surface area contributed by atoms with Crippen LogP contribution in [-0.4, -0.2) is 29.7 Å². The molecule has 1 N–H and O–H groups in total. The molecule has 1 aliphatic rings. The number of nitroso groups, excluding NO2 is 1. The fraction of sp³-hybridized carbons (Fsp3) is 0.412. The molecule has 1 aromatic carbocycles. The Kier molecular flexibility index (Phi) is 5.43. The van der Waals surface area contributed by atoms with Gasteiger partial charge in [0.2, 0.25) is 0 Å². The number of hydrogen-bond acceptors (Lipinski definition) is 5. The molecule has 0 fully saturated rings. The van der Waals surface area contributed by atoms with Crippen LogP contribution in [0.4, 0.5) is 4.39 Å². The molecule has 6 nitrogen and oxygen atoms in total. The van der Waals surface area contributed by atoms with E-state index in [0.717, 1.165) is 5.57 Å². The van der Waals surface area contributed by atoms with Crippen molar-refractivity contribution in [2.45, 2.75) is 45.2 Å². The molecule has 0 unspecified atom stereocenters. The van der Waals surface area contributed by atoms with Gasteiger partial charge in [0, 0.05) is 18.7 Å². The highest BCUT2D eigenvalue weighted by molar-refractivity contribution is 5.87. The summed E-state index contributed by atoms with van der Waals surface area (Å²) in [5.74, 6) is -0.921. The van der Waals surface area contributed by atoms with Crippen molar-refractivity contribution in [3.8, 4) is 0 Å². The average molecular weight is 332 g/mol. The van der Waals surface area contributed by atoms with Crippen LogP contribution in [-0.2, 0) is 4.79 Å². The van der Waals surface area contributed by atoms with Gasteiger partial charge in [0.25, 0.3) is 5.91 Å². The molecule has 1 heterocycles. The molecule has 1 amide bonds. The van der Waals surface area contributed by atoms with E-state index in [1.54, 1.807) is 17.1 Å². The van der Waals surface area contributed by atoms with Gasteiger partial charge in [0.05, 0.1) is 0 Å². The monoisotopic (exact) mass is 332 g/mol. The standard InChI is InChI=1S/C17H21FN4O2/c1-5-13-14(11-6-8-12(18)9-7-11)15(21-24)17(23)20-16(13)22(19-4)10(2)3/h6-10,14-15H,4-5H2,1-3H3,(H,20,23)/t14-,15-/m0/s1. The van der Waals surface area contributed by atoms with Crippen molar-refractivity contribution in [1.82, 2.24) is 10.3 Å². The molecule has 24 heavy (non-hydrogen) atoms. The number of hydrazone groups is 1. The van der Waals surface area contributed by atoms with E-state index in [2.05, 4.69) is 22.3 Å². The van der Waals surface area contributed by atoms with Crippen molar-refractivity contribution in [1.29, 1.82) is 0 Å². The maximum absolute atomic E-state index is 13.2. The molecule has 0 aromatic heterocycles. The van der Waals surface area contributed by atoms with Gasteiger partial charge < -0.3 is 5.32 Å². The number of nitrogens with one attached hydrogen (secondary N) is 1. The predicted molar refractivity (Wildman–Crippen MR) is 90.7 cm³/mol. The lowest BCUT2D eigenvalue weighted by Gasteiger charge is -2.36. The Morgan fingerprint density at radius 3 is 2.42 bits per heavy atom. The van der Waals surface area contributed by atoms with E-state index in [9.17, 15) is 14.1 Å². The summed E-state index contributed by atoms with van der Waals surface area (Å²) in [5, 5.41) is 11.3. The molecule has 0 saturated carbocycles. The number of halogens is 1. The highest BCUT2D eigenvalue weighted by atomic mass is 19.1. The third kappa shape index (κ3) is 3.20. The van der Waals surface area contributed by atoms with E-state index < -0.39 is 17.9 Å². The van der Waals surface area contributed by atoms with E-state index in [1.165, 1.54) is 12.1 Å². The van der Waals surface area contributed by atoms with Crippen molar-refractivity contribution >= 4 is 12.6 Å².